The van der Waals surface area contributed by atoms with Gasteiger partial charge in [-0.2, -0.15) is 0 Å². The number of hydrogen-bond acceptors (Lipinski definition) is 3. The maximum atomic E-state index is 12.2. The Morgan fingerprint density at radius 2 is 1.76 bits per heavy atom. The monoisotopic (exact) mass is 369 g/mol. The molecule has 110 valence electrons. The van der Waals surface area contributed by atoms with E-state index in [2.05, 4.69) is 20.7 Å². The Morgan fingerprint density at radius 1 is 1.14 bits per heavy atom. The van der Waals surface area contributed by atoms with Crippen LogP contribution in [0.15, 0.2) is 51.8 Å². The molecule has 2 aromatic rings. The first-order chi connectivity index (χ1) is 9.79. The third-order valence-corrected chi connectivity index (χ3v) is 4.87. The van der Waals surface area contributed by atoms with Gasteiger partial charge in [0.25, 0.3) is 10.0 Å². The molecule has 7 heteroatoms. The molecule has 0 saturated carbocycles. The van der Waals surface area contributed by atoms with Gasteiger partial charge in [-0.15, -0.1) is 0 Å². The zero-order valence-electron chi connectivity index (χ0n) is 11.0. The quantitative estimate of drug-likeness (QED) is 0.866. The number of aromatic carboxylic acids is 1. The Morgan fingerprint density at radius 3 is 2.33 bits per heavy atom. The molecule has 0 unspecified atom stereocenters. The molecule has 5 nitrogen and oxygen atoms in total. The van der Waals surface area contributed by atoms with Crippen LogP contribution in [0.2, 0.25) is 0 Å². The summed E-state index contributed by atoms with van der Waals surface area (Å²) >= 11 is 3.11. The number of halogens is 1. The van der Waals surface area contributed by atoms with E-state index in [-0.39, 0.29) is 16.1 Å². The van der Waals surface area contributed by atoms with E-state index in [1.165, 1.54) is 30.3 Å². The maximum Gasteiger partial charge on any atom is 0.336 e. The zero-order valence-corrected chi connectivity index (χ0v) is 13.4. The van der Waals surface area contributed by atoms with Crippen LogP contribution in [0.3, 0.4) is 0 Å². The summed E-state index contributed by atoms with van der Waals surface area (Å²) in [4.78, 5) is 11.2. The average molecular weight is 370 g/mol. The van der Waals surface area contributed by atoms with E-state index in [0.717, 1.165) is 5.56 Å². The van der Waals surface area contributed by atoms with Crippen molar-refractivity contribution in [1.82, 2.24) is 0 Å². The second kappa shape index (κ2) is 5.87. The molecule has 0 aliphatic rings. The Kier molecular flexibility index (Phi) is 4.34. The van der Waals surface area contributed by atoms with Crippen molar-refractivity contribution in [3.63, 3.8) is 0 Å². The summed E-state index contributed by atoms with van der Waals surface area (Å²) in [7, 11) is -3.74. The fraction of sp³-hybridized carbons (Fsp3) is 0.0714. The fourth-order valence-corrected chi connectivity index (χ4v) is 3.15. The Bertz CT molecular complexity index is 785. The number of anilines is 1. The Balaban J connectivity index is 2.35. The number of aryl methyl sites for hydroxylation is 1. The molecule has 0 radical (unpaired) electrons. The molecule has 0 fully saturated rings. The lowest BCUT2D eigenvalue weighted by Gasteiger charge is -2.09. The number of nitrogens with one attached hydrogen (secondary N) is 1. The number of hydrogen-bond donors (Lipinski definition) is 2. The lowest BCUT2D eigenvalue weighted by molar-refractivity contribution is 0.0696. The smallest absolute Gasteiger partial charge is 0.336 e. The first kappa shape index (κ1) is 15.5. The number of carboxylic acid groups (broad SMARTS) is 1. The second-order valence-corrected chi connectivity index (χ2v) is 6.96. The average Bonchev–Trinajstić information content (AvgIpc) is 2.41. The molecule has 21 heavy (non-hydrogen) atoms. The summed E-state index contributed by atoms with van der Waals surface area (Å²) in [5.74, 6) is -1.14. The van der Waals surface area contributed by atoms with E-state index in [1.54, 1.807) is 12.1 Å². The summed E-state index contributed by atoms with van der Waals surface area (Å²) in [6, 6.07) is 10.6. The second-order valence-electron chi connectivity index (χ2n) is 4.42. The highest BCUT2D eigenvalue weighted by Crippen LogP contribution is 2.23. The van der Waals surface area contributed by atoms with Crippen molar-refractivity contribution in [3.05, 3.63) is 58.1 Å². The molecular formula is C14H12BrNO4S. The van der Waals surface area contributed by atoms with Gasteiger partial charge >= 0.3 is 5.97 Å². The zero-order chi connectivity index (χ0) is 15.6. The van der Waals surface area contributed by atoms with E-state index in [1.807, 2.05) is 6.92 Å². The van der Waals surface area contributed by atoms with Crippen LogP contribution in [-0.4, -0.2) is 19.5 Å². The van der Waals surface area contributed by atoms with E-state index in [4.69, 9.17) is 5.11 Å². The van der Waals surface area contributed by atoms with E-state index < -0.39 is 16.0 Å². The molecule has 0 aliphatic heterocycles. The SMILES string of the molecule is Cc1ccc(S(=O)(=O)Nc2ccc(Br)c(C(=O)O)c2)cc1. The summed E-state index contributed by atoms with van der Waals surface area (Å²) in [5.41, 5.74) is 1.13. The highest BCUT2D eigenvalue weighted by atomic mass is 79.9. The van der Waals surface area contributed by atoms with Crippen molar-refractivity contribution in [2.75, 3.05) is 4.72 Å². The molecule has 0 heterocycles. The van der Waals surface area contributed by atoms with Crippen molar-refractivity contribution < 1.29 is 18.3 Å². The van der Waals surface area contributed by atoms with Crippen LogP contribution >= 0.6 is 15.9 Å². The predicted octanol–water partition coefficient (Wildman–Crippen LogP) is 3.26. The molecule has 2 rings (SSSR count). The molecule has 2 aromatic carbocycles. The Labute approximate surface area is 130 Å². The molecule has 2 N–H and O–H groups in total. The van der Waals surface area contributed by atoms with Crippen molar-refractivity contribution in [2.45, 2.75) is 11.8 Å². The number of rotatable bonds is 4. The van der Waals surface area contributed by atoms with Crippen LogP contribution in [0.5, 0.6) is 0 Å². The summed E-state index contributed by atoms with van der Waals surface area (Å²) in [6.45, 7) is 1.86. The van der Waals surface area contributed by atoms with Gasteiger partial charge in [-0.3, -0.25) is 4.72 Å². The van der Waals surface area contributed by atoms with Crippen molar-refractivity contribution in [1.29, 1.82) is 0 Å². The van der Waals surface area contributed by atoms with Gasteiger partial charge in [0, 0.05) is 10.2 Å². The first-order valence-electron chi connectivity index (χ1n) is 5.92. The number of carbonyl (C=O) groups is 1. The van der Waals surface area contributed by atoms with Crippen molar-refractivity contribution >= 4 is 37.6 Å². The molecule has 0 spiro atoms. The summed E-state index contributed by atoms with van der Waals surface area (Å²) in [6.07, 6.45) is 0. The van der Waals surface area contributed by atoms with Crippen LogP contribution in [0.1, 0.15) is 15.9 Å². The van der Waals surface area contributed by atoms with Gasteiger partial charge in [-0.05, 0) is 53.2 Å². The lowest BCUT2D eigenvalue weighted by atomic mass is 10.2. The van der Waals surface area contributed by atoms with Gasteiger partial charge in [0.15, 0.2) is 0 Å². The van der Waals surface area contributed by atoms with Gasteiger partial charge in [0.05, 0.1) is 10.5 Å². The van der Waals surface area contributed by atoms with Crippen LogP contribution < -0.4 is 4.72 Å². The molecule has 0 bridgehead atoms. The van der Waals surface area contributed by atoms with Crippen LogP contribution in [-0.2, 0) is 10.0 Å². The minimum Gasteiger partial charge on any atom is -0.478 e. The van der Waals surface area contributed by atoms with Crippen molar-refractivity contribution in [2.24, 2.45) is 0 Å². The van der Waals surface area contributed by atoms with Crippen LogP contribution in [0, 0.1) is 6.92 Å². The summed E-state index contributed by atoms with van der Waals surface area (Å²) < 4.78 is 27.2. The molecule has 0 amide bonds. The molecule has 0 aliphatic carbocycles. The van der Waals surface area contributed by atoms with E-state index in [9.17, 15) is 13.2 Å². The van der Waals surface area contributed by atoms with Gasteiger partial charge in [-0.25, -0.2) is 13.2 Å². The highest BCUT2D eigenvalue weighted by molar-refractivity contribution is 9.10. The standard InChI is InChI=1S/C14H12BrNO4S/c1-9-2-5-11(6-3-9)21(19,20)16-10-4-7-13(15)12(8-10)14(17)18/h2-8,16H,1H3,(H,17,18). The molecular weight excluding hydrogens is 358 g/mol. The van der Waals surface area contributed by atoms with Crippen molar-refractivity contribution in [3.8, 4) is 0 Å². The Hall–Kier alpha value is -1.86. The predicted molar refractivity (Wildman–Crippen MR) is 83.1 cm³/mol. The van der Waals surface area contributed by atoms with Gasteiger partial charge < -0.3 is 5.11 Å². The molecule has 0 aromatic heterocycles. The number of benzene rings is 2. The van der Waals surface area contributed by atoms with Gasteiger partial charge in [0.2, 0.25) is 0 Å². The fourth-order valence-electron chi connectivity index (χ4n) is 1.68. The first-order valence-corrected chi connectivity index (χ1v) is 8.19. The number of carboxylic acids is 1. The topological polar surface area (TPSA) is 83.5 Å². The number of sulfonamides is 1. The minimum atomic E-state index is -3.74. The van der Waals surface area contributed by atoms with E-state index >= 15 is 0 Å². The third kappa shape index (κ3) is 3.62. The lowest BCUT2D eigenvalue weighted by Crippen LogP contribution is -2.13. The minimum absolute atomic E-state index is 0.0147. The molecule has 0 saturated heterocycles. The van der Waals surface area contributed by atoms with Crippen LogP contribution in [0.4, 0.5) is 5.69 Å². The van der Waals surface area contributed by atoms with Crippen LogP contribution in [0.25, 0.3) is 0 Å². The normalized spacial score (nSPS) is 11.1. The highest BCUT2D eigenvalue weighted by Gasteiger charge is 2.16. The largest absolute Gasteiger partial charge is 0.478 e. The summed E-state index contributed by atoms with van der Waals surface area (Å²) in [5, 5.41) is 9.03. The maximum absolute atomic E-state index is 12.2. The van der Waals surface area contributed by atoms with Gasteiger partial charge in [0.1, 0.15) is 0 Å². The molecule has 0 atom stereocenters. The third-order valence-electron chi connectivity index (χ3n) is 2.78. The van der Waals surface area contributed by atoms with Gasteiger partial charge in [-0.1, -0.05) is 17.7 Å². The van der Waals surface area contributed by atoms with E-state index in [0.29, 0.717) is 4.47 Å².